The first-order valence-electron chi connectivity index (χ1n) is 10.2. The van der Waals surface area contributed by atoms with Crippen LogP contribution in [0.1, 0.15) is 37.3 Å². The summed E-state index contributed by atoms with van der Waals surface area (Å²) in [5.41, 5.74) is 2.26. The lowest BCUT2D eigenvalue weighted by atomic mass is 10.0. The molecule has 2 fully saturated rings. The van der Waals surface area contributed by atoms with Gasteiger partial charge < -0.3 is 20.3 Å². The van der Waals surface area contributed by atoms with Crippen molar-refractivity contribution in [2.75, 3.05) is 51.8 Å². The molecule has 1 aliphatic carbocycles. The predicted molar refractivity (Wildman–Crippen MR) is 109 cm³/mol. The number of rotatable bonds is 6. The first-order chi connectivity index (χ1) is 13.5. The van der Waals surface area contributed by atoms with Crippen molar-refractivity contribution in [3.05, 3.63) is 29.8 Å². The second kappa shape index (κ2) is 9.89. The van der Waals surface area contributed by atoms with Gasteiger partial charge in [0.2, 0.25) is 0 Å². The van der Waals surface area contributed by atoms with E-state index in [0.29, 0.717) is 19.8 Å². The molecule has 2 amide bonds. The second-order valence-corrected chi connectivity index (χ2v) is 7.81. The highest BCUT2D eigenvalue weighted by Crippen LogP contribution is 2.24. The van der Waals surface area contributed by atoms with Crippen LogP contribution in [-0.4, -0.2) is 69.7 Å². The van der Waals surface area contributed by atoms with Crippen molar-refractivity contribution in [1.82, 2.24) is 15.5 Å². The van der Waals surface area contributed by atoms with E-state index in [4.69, 9.17) is 4.74 Å². The number of ether oxygens (including phenoxy) is 1. The first-order valence-corrected chi connectivity index (χ1v) is 10.2. The fourth-order valence-corrected chi connectivity index (χ4v) is 3.93. The molecule has 1 aliphatic heterocycles. The van der Waals surface area contributed by atoms with E-state index in [1.165, 1.54) is 0 Å². The predicted octanol–water partition coefficient (Wildman–Crippen LogP) is 1.30. The number of carbonyl (C=O) groups excluding carboxylic acids is 2. The number of amides is 2. The molecule has 0 bridgehead atoms. The van der Waals surface area contributed by atoms with Crippen LogP contribution in [0.3, 0.4) is 0 Å². The molecule has 1 saturated carbocycles. The number of hydrogen-bond acceptors (Lipinski definition) is 5. The van der Waals surface area contributed by atoms with Crippen LogP contribution in [0.15, 0.2) is 24.3 Å². The van der Waals surface area contributed by atoms with Crippen molar-refractivity contribution in [2.24, 2.45) is 0 Å². The average Bonchev–Trinajstić information content (AvgIpc) is 3.22. The van der Waals surface area contributed by atoms with Crippen LogP contribution in [0.25, 0.3) is 0 Å². The van der Waals surface area contributed by atoms with Gasteiger partial charge in [-0.05, 0) is 30.5 Å². The van der Waals surface area contributed by atoms with Crippen molar-refractivity contribution in [1.29, 1.82) is 0 Å². The highest BCUT2D eigenvalue weighted by atomic mass is 16.5. The fourth-order valence-electron chi connectivity index (χ4n) is 3.93. The molecule has 3 rings (SSSR count). The van der Waals surface area contributed by atoms with Gasteiger partial charge in [-0.2, -0.15) is 0 Å². The van der Waals surface area contributed by atoms with Gasteiger partial charge in [-0.15, -0.1) is 0 Å². The van der Waals surface area contributed by atoms with Crippen LogP contribution in [0.2, 0.25) is 0 Å². The highest BCUT2D eigenvalue weighted by Gasteiger charge is 2.26. The summed E-state index contributed by atoms with van der Waals surface area (Å²) < 4.78 is 5.47. The fraction of sp³-hybridized carbons (Fsp3) is 0.619. The third-order valence-electron chi connectivity index (χ3n) is 5.63. The lowest BCUT2D eigenvalue weighted by Crippen LogP contribution is -2.48. The summed E-state index contributed by atoms with van der Waals surface area (Å²) in [6.07, 6.45) is 4.17. The van der Waals surface area contributed by atoms with Crippen LogP contribution in [0.5, 0.6) is 0 Å². The maximum absolute atomic E-state index is 12.3. The molecule has 2 N–H and O–H groups in total. The summed E-state index contributed by atoms with van der Waals surface area (Å²) in [5.74, 6) is -1.06. The Labute approximate surface area is 167 Å². The molecule has 1 heterocycles. The maximum atomic E-state index is 12.3. The third kappa shape index (κ3) is 5.45. The summed E-state index contributed by atoms with van der Waals surface area (Å²) in [5, 5.41) is 5.70. The van der Waals surface area contributed by atoms with Crippen LogP contribution in [0.4, 0.5) is 5.69 Å². The van der Waals surface area contributed by atoms with Gasteiger partial charge in [0.05, 0.1) is 19.3 Å². The molecule has 0 radical (unpaired) electrons. The Morgan fingerprint density at radius 1 is 1.11 bits per heavy atom. The average molecular weight is 389 g/mol. The minimum absolute atomic E-state index is 0.0170. The van der Waals surface area contributed by atoms with Crippen LogP contribution < -0.4 is 15.5 Å². The number of nitrogens with zero attached hydrogens (tertiary/aromatic N) is 2. The summed E-state index contributed by atoms with van der Waals surface area (Å²) in [4.78, 5) is 28.9. The van der Waals surface area contributed by atoms with Crippen molar-refractivity contribution in [3.63, 3.8) is 0 Å². The van der Waals surface area contributed by atoms with Crippen LogP contribution in [-0.2, 0) is 14.3 Å². The molecule has 0 spiro atoms. The van der Waals surface area contributed by atoms with Gasteiger partial charge in [-0.25, -0.2) is 0 Å². The molecular formula is C21H32N4O3. The first kappa shape index (κ1) is 20.6. The summed E-state index contributed by atoms with van der Waals surface area (Å²) in [6, 6.07) is 8.52. The monoisotopic (exact) mass is 388 g/mol. The number of hydrogen-bond donors (Lipinski definition) is 2. The van der Waals surface area contributed by atoms with Crippen LogP contribution >= 0.6 is 0 Å². The summed E-state index contributed by atoms with van der Waals surface area (Å²) in [7, 11) is 4.02. The quantitative estimate of drug-likeness (QED) is 0.719. The molecule has 1 unspecified atom stereocenters. The van der Waals surface area contributed by atoms with Gasteiger partial charge >= 0.3 is 11.8 Å². The van der Waals surface area contributed by atoms with Gasteiger partial charge in [-0.1, -0.05) is 25.0 Å². The van der Waals surface area contributed by atoms with Gasteiger partial charge in [0.25, 0.3) is 0 Å². The number of benzene rings is 1. The molecule has 2 aliphatic rings. The molecule has 1 aromatic carbocycles. The zero-order valence-electron chi connectivity index (χ0n) is 16.9. The number of carbonyl (C=O) groups is 2. The standard InChI is InChI=1S/C21H32N4O3/c1-24(2)18-9-7-16(8-10-18)19(25-11-13-28-14-12-25)15-22-20(26)21(27)23-17-5-3-4-6-17/h7-10,17,19H,3-6,11-15H2,1-2H3,(H,22,26)(H,23,27). The smallest absolute Gasteiger partial charge is 0.309 e. The van der Waals surface area contributed by atoms with Crippen molar-refractivity contribution < 1.29 is 14.3 Å². The van der Waals surface area contributed by atoms with Crippen molar-refractivity contribution in [2.45, 2.75) is 37.8 Å². The molecule has 28 heavy (non-hydrogen) atoms. The molecule has 0 aromatic heterocycles. The summed E-state index contributed by atoms with van der Waals surface area (Å²) in [6.45, 7) is 3.39. The Morgan fingerprint density at radius 3 is 2.36 bits per heavy atom. The van der Waals surface area contributed by atoms with Gasteiger partial charge in [0.15, 0.2) is 0 Å². The van der Waals surface area contributed by atoms with Crippen LogP contribution in [0, 0.1) is 0 Å². The van der Waals surface area contributed by atoms with E-state index in [-0.39, 0.29) is 12.1 Å². The van der Waals surface area contributed by atoms with Gasteiger partial charge in [0.1, 0.15) is 0 Å². The Hall–Kier alpha value is -2.12. The molecule has 1 atom stereocenters. The Balaban J connectivity index is 1.63. The number of anilines is 1. The molecule has 154 valence electrons. The van der Waals surface area contributed by atoms with E-state index in [0.717, 1.165) is 50.0 Å². The lowest BCUT2D eigenvalue weighted by molar-refractivity contribution is -0.139. The van der Waals surface area contributed by atoms with E-state index in [1.54, 1.807) is 0 Å². The van der Waals surface area contributed by atoms with Crippen molar-refractivity contribution >= 4 is 17.5 Å². The summed E-state index contributed by atoms with van der Waals surface area (Å²) >= 11 is 0. The molecule has 7 nitrogen and oxygen atoms in total. The molecule has 1 aromatic rings. The van der Waals surface area contributed by atoms with E-state index < -0.39 is 11.8 Å². The SMILES string of the molecule is CN(C)c1ccc(C(CNC(=O)C(=O)NC2CCCC2)N2CCOCC2)cc1. The molecule has 1 saturated heterocycles. The van der Waals surface area contributed by atoms with Crippen molar-refractivity contribution in [3.8, 4) is 0 Å². The highest BCUT2D eigenvalue weighted by molar-refractivity contribution is 6.35. The zero-order valence-corrected chi connectivity index (χ0v) is 16.9. The number of nitrogens with one attached hydrogen (secondary N) is 2. The largest absolute Gasteiger partial charge is 0.379 e. The van der Waals surface area contributed by atoms with E-state index >= 15 is 0 Å². The zero-order chi connectivity index (χ0) is 19.9. The minimum Gasteiger partial charge on any atom is -0.379 e. The van der Waals surface area contributed by atoms with Gasteiger partial charge in [0, 0.05) is 45.5 Å². The van der Waals surface area contributed by atoms with E-state index in [2.05, 4.69) is 44.7 Å². The Bertz CT molecular complexity index is 650. The molecule has 7 heteroatoms. The lowest BCUT2D eigenvalue weighted by Gasteiger charge is -2.35. The normalized spacial score (nSPS) is 19.2. The Kier molecular flexibility index (Phi) is 7.28. The van der Waals surface area contributed by atoms with E-state index in [9.17, 15) is 9.59 Å². The topological polar surface area (TPSA) is 73.9 Å². The maximum Gasteiger partial charge on any atom is 0.309 e. The van der Waals surface area contributed by atoms with E-state index in [1.807, 2.05) is 14.1 Å². The number of morpholine rings is 1. The second-order valence-electron chi connectivity index (χ2n) is 7.81. The Morgan fingerprint density at radius 2 is 1.75 bits per heavy atom. The molecular weight excluding hydrogens is 356 g/mol. The minimum atomic E-state index is -0.546. The third-order valence-corrected chi connectivity index (χ3v) is 5.63. The van der Waals surface area contributed by atoms with Gasteiger partial charge in [-0.3, -0.25) is 14.5 Å².